The number of nitrogens with one attached hydrogen (secondary N) is 1. The maximum atomic E-state index is 13.4. The molecule has 0 aliphatic rings. The van der Waals surface area contributed by atoms with Crippen molar-refractivity contribution in [3.63, 3.8) is 0 Å². The minimum absolute atomic E-state index is 0.178. The Labute approximate surface area is 122 Å². The van der Waals surface area contributed by atoms with Crippen LogP contribution >= 0.6 is 15.9 Å². The van der Waals surface area contributed by atoms with Crippen LogP contribution in [0.5, 0.6) is 0 Å². The molecule has 3 heteroatoms. The molecule has 0 saturated carbocycles. The van der Waals surface area contributed by atoms with Gasteiger partial charge in [-0.2, -0.15) is 0 Å². The number of hydrogen-bond acceptors (Lipinski definition) is 0. The van der Waals surface area contributed by atoms with E-state index < -0.39 is 0 Å². The van der Waals surface area contributed by atoms with Gasteiger partial charge in [0.2, 0.25) is 0 Å². The minimum Gasteiger partial charge on any atom is -0.360 e. The van der Waals surface area contributed by atoms with E-state index in [0.29, 0.717) is 0 Å². The average Bonchev–Trinajstić information content (AvgIpc) is 2.77. The first kappa shape index (κ1) is 14.6. The number of unbranched alkanes of at least 4 members (excludes halogenated alkanes) is 5. The quantitative estimate of drug-likeness (QED) is 0.603. The topological polar surface area (TPSA) is 15.8 Å². The molecule has 0 aliphatic heterocycles. The Balaban J connectivity index is 1.94. The summed E-state index contributed by atoms with van der Waals surface area (Å²) < 4.78 is 14.2. The fourth-order valence-corrected chi connectivity index (χ4v) is 3.06. The third-order valence-corrected chi connectivity index (χ3v) is 4.22. The molecule has 0 saturated heterocycles. The van der Waals surface area contributed by atoms with Crippen LogP contribution in [-0.2, 0) is 6.42 Å². The normalized spacial score (nSPS) is 11.3. The number of hydrogen-bond donors (Lipinski definition) is 1. The van der Waals surface area contributed by atoms with E-state index in [9.17, 15) is 4.39 Å². The Bertz CT molecular complexity index is 533. The fraction of sp³-hybridized carbons (Fsp3) is 0.500. The zero-order valence-corrected chi connectivity index (χ0v) is 13.0. The summed E-state index contributed by atoms with van der Waals surface area (Å²) >= 11 is 3.40. The van der Waals surface area contributed by atoms with E-state index in [1.165, 1.54) is 50.2 Å². The fourth-order valence-electron chi connectivity index (χ4n) is 2.51. The molecule has 19 heavy (non-hydrogen) atoms. The largest absolute Gasteiger partial charge is 0.360 e. The van der Waals surface area contributed by atoms with Crippen LogP contribution in [0.2, 0.25) is 0 Å². The number of rotatable bonds is 7. The monoisotopic (exact) mass is 325 g/mol. The molecule has 1 nitrogen and oxygen atoms in total. The summed E-state index contributed by atoms with van der Waals surface area (Å²) in [6.07, 6.45) is 10.8. The maximum Gasteiger partial charge on any atom is 0.125 e. The molecule has 1 N–H and O–H groups in total. The number of halogens is 2. The molecule has 2 aromatic rings. The summed E-state index contributed by atoms with van der Waals surface area (Å²) in [5.41, 5.74) is 2.23. The van der Waals surface area contributed by atoms with Gasteiger partial charge in [-0.05, 0) is 46.5 Å². The minimum atomic E-state index is -0.178. The van der Waals surface area contributed by atoms with Crippen LogP contribution in [-0.4, -0.2) is 4.98 Å². The van der Waals surface area contributed by atoms with Crippen LogP contribution in [0.1, 0.15) is 51.0 Å². The van der Waals surface area contributed by atoms with Crippen LogP contribution in [0.15, 0.2) is 22.8 Å². The average molecular weight is 326 g/mol. The molecule has 0 atom stereocenters. The number of aromatic amines is 1. The molecule has 1 aromatic heterocycles. The lowest BCUT2D eigenvalue weighted by atomic mass is 10.0. The molecule has 1 aromatic carbocycles. The highest BCUT2D eigenvalue weighted by Crippen LogP contribution is 2.28. The van der Waals surface area contributed by atoms with E-state index in [1.54, 1.807) is 6.07 Å². The third kappa shape index (κ3) is 3.82. The summed E-state index contributed by atoms with van der Waals surface area (Å²) in [6.45, 7) is 2.23. The summed E-state index contributed by atoms with van der Waals surface area (Å²) in [7, 11) is 0. The highest BCUT2D eigenvalue weighted by Gasteiger charge is 2.08. The Morgan fingerprint density at radius 1 is 1.11 bits per heavy atom. The zero-order chi connectivity index (χ0) is 13.7. The SMILES string of the molecule is CCCCCCCCc1c[nH]c2c(Br)cc(F)cc12. The van der Waals surface area contributed by atoms with Crippen molar-refractivity contribution in [3.05, 3.63) is 34.2 Å². The van der Waals surface area contributed by atoms with Crippen LogP contribution in [0.3, 0.4) is 0 Å². The number of benzene rings is 1. The van der Waals surface area contributed by atoms with E-state index in [-0.39, 0.29) is 5.82 Å². The summed E-state index contributed by atoms with van der Waals surface area (Å²) in [5.74, 6) is -0.178. The van der Waals surface area contributed by atoms with Crippen LogP contribution in [0.25, 0.3) is 10.9 Å². The molecule has 0 amide bonds. The van der Waals surface area contributed by atoms with Gasteiger partial charge in [-0.15, -0.1) is 0 Å². The number of aryl methyl sites for hydroxylation is 1. The Morgan fingerprint density at radius 3 is 2.63 bits per heavy atom. The van der Waals surface area contributed by atoms with Gasteiger partial charge in [0.1, 0.15) is 5.82 Å². The van der Waals surface area contributed by atoms with Gasteiger partial charge in [0.05, 0.1) is 5.52 Å². The standard InChI is InChI=1S/C16H21BrFN/c1-2-3-4-5-6-7-8-12-11-19-16-14(12)9-13(18)10-15(16)17/h9-11,19H,2-8H2,1H3. The molecular weight excluding hydrogens is 305 g/mol. The van der Waals surface area contributed by atoms with E-state index in [4.69, 9.17) is 0 Å². The van der Waals surface area contributed by atoms with Crippen molar-refractivity contribution in [1.29, 1.82) is 0 Å². The van der Waals surface area contributed by atoms with Crippen molar-refractivity contribution in [3.8, 4) is 0 Å². The van der Waals surface area contributed by atoms with Gasteiger partial charge in [0.25, 0.3) is 0 Å². The molecule has 0 radical (unpaired) electrons. The molecule has 0 aliphatic carbocycles. The first-order valence-electron chi connectivity index (χ1n) is 7.17. The second kappa shape index (κ2) is 7.09. The van der Waals surface area contributed by atoms with E-state index in [0.717, 1.165) is 21.8 Å². The van der Waals surface area contributed by atoms with Crippen LogP contribution in [0.4, 0.5) is 4.39 Å². The summed E-state index contributed by atoms with van der Waals surface area (Å²) in [4.78, 5) is 3.23. The second-order valence-electron chi connectivity index (χ2n) is 5.14. The predicted molar refractivity (Wildman–Crippen MR) is 83.0 cm³/mol. The first-order chi connectivity index (χ1) is 9.22. The number of H-pyrrole nitrogens is 1. The first-order valence-corrected chi connectivity index (χ1v) is 7.96. The maximum absolute atomic E-state index is 13.4. The molecule has 0 fully saturated rings. The predicted octanol–water partition coefficient (Wildman–Crippen LogP) is 5.97. The van der Waals surface area contributed by atoms with Crippen molar-refractivity contribution in [2.75, 3.05) is 0 Å². The van der Waals surface area contributed by atoms with E-state index in [1.807, 2.05) is 6.20 Å². The molecule has 0 spiro atoms. The second-order valence-corrected chi connectivity index (χ2v) is 6.00. The van der Waals surface area contributed by atoms with Gasteiger partial charge in [0, 0.05) is 16.1 Å². The molecule has 2 rings (SSSR count). The van der Waals surface area contributed by atoms with Gasteiger partial charge < -0.3 is 4.98 Å². The molecule has 104 valence electrons. The van der Waals surface area contributed by atoms with Crippen molar-refractivity contribution in [2.24, 2.45) is 0 Å². The van der Waals surface area contributed by atoms with E-state index >= 15 is 0 Å². The van der Waals surface area contributed by atoms with Gasteiger partial charge in [0.15, 0.2) is 0 Å². The lowest BCUT2D eigenvalue weighted by Crippen LogP contribution is -1.86. The zero-order valence-electron chi connectivity index (χ0n) is 11.4. The number of aromatic nitrogens is 1. The molecule has 0 bridgehead atoms. The Hall–Kier alpha value is -0.830. The highest BCUT2D eigenvalue weighted by atomic mass is 79.9. The van der Waals surface area contributed by atoms with Crippen LogP contribution in [0, 0.1) is 5.82 Å². The van der Waals surface area contributed by atoms with E-state index in [2.05, 4.69) is 27.8 Å². The lowest BCUT2D eigenvalue weighted by Gasteiger charge is -2.01. The number of fused-ring (bicyclic) bond motifs is 1. The van der Waals surface area contributed by atoms with Crippen LogP contribution < -0.4 is 0 Å². The molecule has 0 unspecified atom stereocenters. The van der Waals surface area contributed by atoms with Crippen molar-refractivity contribution >= 4 is 26.8 Å². The smallest absolute Gasteiger partial charge is 0.125 e. The van der Waals surface area contributed by atoms with Crippen molar-refractivity contribution in [1.82, 2.24) is 4.98 Å². The highest BCUT2D eigenvalue weighted by molar-refractivity contribution is 9.10. The van der Waals surface area contributed by atoms with Gasteiger partial charge >= 0.3 is 0 Å². The lowest BCUT2D eigenvalue weighted by molar-refractivity contribution is 0.608. The Kier molecular flexibility index (Phi) is 5.44. The summed E-state index contributed by atoms with van der Waals surface area (Å²) in [6, 6.07) is 3.14. The third-order valence-electron chi connectivity index (χ3n) is 3.59. The summed E-state index contributed by atoms with van der Waals surface area (Å²) in [5, 5.41) is 1.01. The van der Waals surface area contributed by atoms with Gasteiger partial charge in [-0.25, -0.2) is 4.39 Å². The van der Waals surface area contributed by atoms with Gasteiger partial charge in [-0.3, -0.25) is 0 Å². The van der Waals surface area contributed by atoms with Crippen molar-refractivity contribution < 1.29 is 4.39 Å². The Morgan fingerprint density at radius 2 is 1.84 bits per heavy atom. The van der Waals surface area contributed by atoms with Crippen molar-refractivity contribution in [2.45, 2.75) is 51.9 Å². The molecular formula is C16H21BrFN. The molecule has 1 heterocycles. The van der Waals surface area contributed by atoms with Gasteiger partial charge in [-0.1, -0.05) is 39.0 Å².